The second-order valence-electron chi connectivity index (χ2n) is 4.70. The molecule has 3 rings (SSSR count). The highest BCUT2D eigenvalue weighted by molar-refractivity contribution is 7.98. The predicted molar refractivity (Wildman–Crippen MR) is 86.6 cm³/mol. The van der Waals surface area contributed by atoms with Gasteiger partial charge in [-0.3, -0.25) is 4.98 Å². The Morgan fingerprint density at radius 2 is 2.14 bits per heavy atom. The van der Waals surface area contributed by atoms with E-state index in [2.05, 4.69) is 28.3 Å². The molecule has 2 aromatic heterocycles. The maximum absolute atomic E-state index is 5.69. The first-order chi connectivity index (χ1) is 10.3. The van der Waals surface area contributed by atoms with Gasteiger partial charge in [0.2, 0.25) is 0 Å². The van der Waals surface area contributed by atoms with E-state index in [0.717, 1.165) is 41.2 Å². The highest BCUT2D eigenvalue weighted by Gasteiger charge is 2.06. The molecule has 4 nitrogen and oxygen atoms in total. The molecule has 1 aromatic carbocycles. The monoisotopic (exact) mass is 299 g/mol. The van der Waals surface area contributed by atoms with Gasteiger partial charge in [-0.1, -0.05) is 30.8 Å². The van der Waals surface area contributed by atoms with Gasteiger partial charge >= 0.3 is 0 Å². The summed E-state index contributed by atoms with van der Waals surface area (Å²) in [5, 5.41) is 4.05. The number of aromatic nitrogens is 2. The Hall–Kier alpha value is -2.01. The lowest BCUT2D eigenvalue weighted by atomic mass is 10.3. The van der Waals surface area contributed by atoms with E-state index in [1.165, 1.54) is 0 Å². The van der Waals surface area contributed by atoms with Crippen molar-refractivity contribution in [3.05, 3.63) is 48.3 Å². The van der Waals surface area contributed by atoms with Crippen LogP contribution in [0.2, 0.25) is 0 Å². The summed E-state index contributed by atoms with van der Waals surface area (Å²) in [5.74, 6) is 0.745. The first-order valence-electron chi connectivity index (χ1n) is 7.02. The molecular formula is C16H17N3OS. The number of nitrogens with zero attached hydrogens (tertiary/aromatic N) is 2. The van der Waals surface area contributed by atoms with Crippen LogP contribution in [0.1, 0.15) is 19.0 Å². The normalized spacial score (nSPS) is 10.9. The third-order valence-electron chi connectivity index (χ3n) is 3.01. The van der Waals surface area contributed by atoms with E-state index in [4.69, 9.17) is 4.42 Å². The topological polar surface area (TPSA) is 51.0 Å². The third-order valence-corrected chi connectivity index (χ3v) is 3.88. The van der Waals surface area contributed by atoms with Crippen LogP contribution in [0.4, 0.5) is 5.69 Å². The summed E-state index contributed by atoms with van der Waals surface area (Å²) in [6.45, 7) is 3.12. The molecule has 3 aromatic rings. The molecule has 0 unspecified atom stereocenters. The molecule has 0 bridgehead atoms. The van der Waals surface area contributed by atoms with Gasteiger partial charge in [-0.15, -0.1) is 0 Å². The fraction of sp³-hybridized carbons (Fsp3) is 0.250. The summed E-state index contributed by atoms with van der Waals surface area (Å²) >= 11 is 1.56. The molecule has 21 heavy (non-hydrogen) atoms. The van der Waals surface area contributed by atoms with Crippen molar-refractivity contribution in [3.63, 3.8) is 0 Å². The van der Waals surface area contributed by atoms with E-state index >= 15 is 0 Å². The van der Waals surface area contributed by atoms with E-state index < -0.39 is 0 Å². The molecule has 0 fully saturated rings. The van der Waals surface area contributed by atoms with Crippen LogP contribution < -0.4 is 5.32 Å². The van der Waals surface area contributed by atoms with Gasteiger partial charge in [0.15, 0.2) is 5.58 Å². The molecule has 0 atom stereocenters. The van der Waals surface area contributed by atoms with Crippen LogP contribution in [0.15, 0.2) is 52.2 Å². The van der Waals surface area contributed by atoms with Gasteiger partial charge in [0.25, 0.3) is 5.22 Å². The lowest BCUT2D eigenvalue weighted by Gasteiger charge is -2.05. The van der Waals surface area contributed by atoms with Gasteiger partial charge in [0.1, 0.15) is 5.52 Å². The Morgan fingerprint density at radius 3 is 3.00 bits per heavy atom. The maximum Gasteiger partial charge on any atom is 0.257 e. The molecule has 0 saturated heterocycles. The van der Waals surface area contributed by atoms with Crippen molar-refractivity contribution in [2.45, 2.75) is 24.3 Å². The van der Waals surface area contributed by atoms with Gasteiger partial charge in [-0.25, -0.2) is 4.98 Å². The van der Waals surface area contributed by atoms with Crippen molar-refractivity contribution in [1.82, 2.24) is 9.97 Å². The van der Waals surface area contributed by atoms with Gasteiger partial charge in [-0.05, 0) is 30.7 Å². The highest BCUT2D eigenvalue weighted by atomic mass is 32.2. The van der Waals surface area contributed by atoms with E-state index in [9.17, 15) is 0 Å². The second kappa shape index (κ2) is 6.63. The lowest BCUT2D eigenvalue weighted by Crippen LogP contribution is -2.00. The van der Waals surface area contributed by atoms with Gasteiger partial charge < -0.3 is 9.73 Å². The van der Waals surface area contributed by atoms with Crippen LogP contribution in [0, 0.1) is 0 Å². The van der Waals surface area contributed by atoms with E-state index in [0.29, 0.717) is 5.22 Å². The number of hydrogen-bond acceptors (Lipinski definition) is 5. The number of pyridine rings is 1. The SMILES string of the molecule is CCCNc1ccnc(CSc2nc3ccccc3o2)c1. The number of benzene rings is 1. The van der Waals surface area contributed by atoms with Crippen LogP contribution in [-0.4, -0.2) is 16.5 Å². The first-order valence-corrected chi connectivity index (χ1v) is 8.01. The molecule has 0 aliphatic heterocycles. The van der Waals surface area contributed by atoms with Crippen LogP contribution >= 0.6 is 11.8 Å². The zero-order valence-corrected chi connectivity index (χ0v) is 12.7. The zero-order valence-electron chi connectivity index (χ0n) is 11.9. The zero-order chi connectivity index (χ0) is 14.5. The number of rotatable bonds is 6. The molecule has 108 valence electrons. The fourth-order valence-corrected chi connectivity index (χ4v) is 2.73. The number of hydrogen-bond donors (Lipinski definition) is 1. The van der Waals surface area contributed by atoms with Crippen molar-refractivity contribution in [2.24, 2.45) is 0 Å². The number of fused-ring (bicyclic) bond motifs is 1. The van der Waals surface area contributed by atoms with Gasteiger partial charge in [-0.2, -0.15) is 0 Å². The molecule has 2 heterocycles. The molecule has 1 N–H and O–H groups in total. The summed E-state index contributed by atoms with van der Waals surface area (Å²) < 4.78 is 5.69. The standard InChI is InChI=1S/C16H17N3OS/c1-2-8-17-12-7-9-18-13(10-12)11-21-16-19-14-5-3-4-6-15(14)20-16/h3-7,9-10H,2,8,11H2,1H3,(H,17,18). The van der Waals surface area contributed by atoms with Crippen molar-refractivity contribution in [2.75, 3.05) is 11.9 Å². The largest absolute Gasteiger partial charge is 0.431 e. The van der Waals surface area contributed by atoms with Crippen molar-refractivity contribution in [1.29, 1.82) is 0 Å². The van der Waals surface area contributed by atoms with Crippen molar-refractivity contribution >= 4 is 28.5 Å². The Bertz CT molecular complexity index is 693. The smallest absolute Gasteiger partial charge is 0.257 e. The molecule has 0 amide bonds. The fourth-order valence-electron chi connectivity index (χ4n) is 1.98. The Kier molecular flexibility index (Phi) is 4.40. The number of para-hydroxylation sites is 2. The van der Waals surface area contributed by atoms with Crippen molar-refractivity contribution < 1.29 is 4.42 Å². The number of thioether (sulfide) groups is 1. The van der Waals surface area contributed by atoms with Gasteiger partial charge in [0, 0.05) is 24.2 Å². The molecule has 0 saturated carbocycles. The Balaban J connectivity index is 1.66. The van der Waals surface area contributed by atoms with E-state index in [1.807, 2.05) is 36.5 Å². The first kappa shape index (κ1) is 13.9. The van der Waals surface area contributed by atoms with Gasteiger partial charge in [0.05, 0.1) is 5.69 Å². The summed E-state index contributed by atoms with van der Waals surface area (Å²) in [6.07, 6.45) is 2.94. The maximum atomic E-state index is 5.69. The summed E-state index contributed by atoms with van der Waals surface area (Å²) in [4.78, 5) is 8.84. The highest BCUT2D eigenvalue weighted by Crippen LogP contribution is 2.26. The third kappa shape index (κ3) is 3.55. The predicted octanol–water partition coefficient (Wildman–Crippen LogP) is 4.34. The number of oxazole rings is 1. The minimum absolute atomic E-state index is 0.685. The Morgan fingerprint density at radius 1 is 1.24 bits per heavy atom. The quantitative estimate of drug-likeness (QED) is 0.686. The molecule has 5 heteroatoms. The summed E-state index contributed by atoms with van der Waals surface area (Å²) in [6, 6.07) is 11.9. The molecule has 0 radical (unpaired) electrons. The average Bonchev–Trinajstić information content (AvgIpc) is 2.94. The minimum Gasteiger partial charge on any atom is -0.431 e. The van der Waals surface area contributed by atoms with E-state index in [-0.39, 0.29) is 0 Å². The van der Waals surface area contributed by atoms with Crippen molar-refractivity contribution in [3.8, 4) is 0 Å². The summed E-state index contributed by atoms with van der Waals surface area (Å²) in [7, 11) is 0. The molecular weight excluding hydrogens is 282 g/mol. The average molecular weight is 299 g/mol. The molecule has 0 spiro atoms. The van der Waals surface area contributed by atoms with Crippen LogP contribution in [0.3, 0.4) is 0 Å². The second-order valence-corrected chi connectivity index (χ2v) is 5.63. The summed E-state index contributed by atoms with van der Waals surface area (Å²) in [5.41, 5.74) is 3.85. The minimum atomic E-state index is 0.685. The van der Waals surface area contributed by atoms with Crippen LogP contribution in [-0.2, 0) is 5.75 Å². The van der Waals surface area contributed by atoms with Crippen LogP contribution in [0.5, 0.6) is 0 Å². The number of anilines is 1. The van der Waals surface area contributed by atoms with E-state index in [1.54, 1.807) is 11.8 Å². The Labute approximate surface area is 128 Å². The molecule has 0 aliphatic carbocycles. The molecule has 0 aliphatic rings. The lowest BCUT2D eigenvalue weighted by molar-refractivity contribution is 0.489. The number of nitrogens with one attached hydrogen (secondary N) is 1. The van der Waals surface area contributed by atoms with Crippen LogP contribution in [0.25, 0.3) is 11.1 Å².